The van der Waals surface area contributed by atoms with Gasteiger partial charge >= 0.3 is 0 Å². The molecule has 0 spiro atoms. The van der Waals surface area contributed by atoms with Crippen LogP contribution in [-0.2, 0) is 16.0 Å². The smallest absolute Gasteiger partial charge is 0.241 e. The first-order chi connectivity index (χ1) is 9.68. The molecule has 2 N–H and O–H groups in total. The molecule has 0 saturated heterocycles. The molecule has 1 heterocycles. The molecule has 0 aliphatic carbocycles. The first kappa shape index (κ1) is 15.0. The first-order valence-electron chi connectivity index (χ1n) is 7.39. The van der Waals surface area contributed by atoms with E-state index in [9.17, 15) is 4.79 Å². The second kappa shape index (κ2) is 7.41. The summed E-state index contributed by atoms with van der Waals surface area (Å²) < 4.78 is 5.46. The molecule has 2 rings (SSSR count). The molecule has 1 atom stereocenters. The molecule has 4 heteroatoms. The van der Waals surface area contributed by atoms with Crippen molar-refractivity contribution < 1.29 is 9.53 Å². The van der Waals surface area contributed by atoms with E-state index in [0.29, 0.717) is 13.2 Å². The van der Waals surface area contributed by atoms with E-state index < -0.39 is 0 Å². The Balaban J connectivity index is 1.82. The van der Waals surface area contributed by atoms with Crippen molar-refractivity contribution in [1.29, 1.82) is 0 Å². The van der Waals surface area contributed by atoms with Crippen LogP contribution in [0.5, 0.6) is 0 Å². The normalized spacial score (nSPS) is 17.9. The summed E-state index contributed by atoms with van der Waals surface area (Å²) in [6.07, 6.45) is 2.08. The Bertz CT molecular complexity index is 446. The maximum atomic E-state index is 12.2. The second-order valence-electron chi connectivity index (χ2n) is 5.40. The van der Waals surface area contributed by atoms with E-state index in [4.69, 9.17) is 4.74 Å². The summed E-state index contributed by atoms with van der Waals surface area (Å²) in [5, 5.41) is 6.28. The van der Waals surface area contributed by atoms with E-state index in [0.717, 1.165) is 24.9 Å². The van der Waals surface area contributed by atoms with Crippen LogP contribution in [0.25, 0.3) is 0 Å². The zero-order valence-electron chi connectivity index (χ0n) is 12.3. The molecule has 1 amide bonds. The van der Waals surface area contributed by atoms with Gasteiger partial charge in [0.15, 0.2) is 0 Å². The van der Waals surface area contributed by atoms with Crippen LogP contribution in [0.1, 0.15) is 37.4 Å². The third-order valence-electron chi connectivity index (χ3n) is 3.44. The Morgan fingerprint density at radius 1 is 1.45 bits per heavy atom. The summed E-state index contributed by atoms with van der Waals surface area (Å²) in [5.74, 6) is 0.0571. The van der Waals surface area contributed by atoms with Crippen molar-refractivity contribution in [3.63, 3.8) is 0 Å². The molecule has 110 valence electrons. The minimum Gasteiger partial charge on any atom is -0.379 e. The van der Waals surface area contributed by atoms with Gasteiger partial charge in [0.05, 0.1) is 6.10 Å². The fourth-order valence-electron chi connectivity index (χ4n) is 2.44. The molecule has 0 bridgehead atoms. The van der Waals surface area contributed by atoms with Gasteiger partial charge in [-0.05, 0) is 37.8 Å². The molecule has 1 aromatic carbocycles. The molecule has 1 aliphatic rings. The number of benzene rings is 1. The molecule has 1 unspecified atom stereocenters. The predicted molar refractivity (Wildman–Crippen MR) is 79.6 cm³/mol. The summed E-state index contributed by atoms with van der Waals surface area (Å²) >= 11 is 0. The van der Waals surface area contributed by atoms with Crippen molar-refractivity contribution in [3.05, 3.63) is 35.4 Å². The predicted octanol–water partition coefficient (Wildman–Crippen LogP) is 1.80. The third-order valence-corrected chi connectivity index (χ3v) is 3.44. The second-order valence-corrected chi connectivity index (χ2v) is 5.40. The molecule has 1 aromatic rings. The van der Waals surface area contributed by atoms with Crippen LogP contribution in [0.3, 0.4) is 0 Å². The van der Waals surface area contributed by atoms with Gasteiger partial charge in [0, 0.05) is 19.7 Å². The molecule has 4 nitrogen and oxygen atoms in total. The highest BCUT2D eigenvalue weighted by atomic mass is 16.5. The molecular formula is C16H24N2O2. The lowest BCUT2D eigenvalue weighted by Crippen LogP contribution is -2.41. The summed E-state index contributed by atoms with van der Waals surface area (Å²) in [6, 6.07) is 7.94. The summed E-state index contributed by atoms with van der Waals surface area (Å²) in [5.41, 5.74) is 2.38. The number of carbonyl (C=O) groups excluding carboxylic acids is 1. The molecule has 0 radical (unpaired) electrons. The van der Waals surface area contributed by atoms with Crippen molar-refractivity contribution in [1.82, 2.24) is 10.6 Å². The average molecular weight is 276 g/mol. The maximum Gasteiger partial charge on any atom is 0.241 e. The van der Waals surface area contributed by atoms with Crippen molar-refractivity contribution >= 4 is 5.91 Å². The number of rotatable bonds is 6. The van der Waals surface area contributed by atoms with Gasteiger partial charge in [0.2, 0.25) is 5.91 Å². The minimum absolute atomic E-state index is 0.0571. The van der Waals surface area contributed by atoms with Crippen LogP contribution >= 0.6 is 0 Å². The average Bonchev–Trinajstić information content (AvgIpc) is 2.45. The number of ether oxygens (including phenoxy) is 1. The van der Waals surface area contributed by atoms with Crippen molar-refractivity contribution in [3.8, 4) is 0 Å². The van der Waals surface area contributed by atoms with Crippen molar-refractivity contribution in [2.24, 2.45) is 0 Å². The highest BCUT2D eigenvalue weighted by molar-refractivity contribution is 5.83. The Kier molecular flexibility index (Phi) is 5.56. The largest absolute Gasteiger partial charge is 0.379 e. The SMILES string of the molecule is CC(C)OCCCNC(=O)C1NCCc2ccccc21. The van der Waals surface area contributed by atoms with E-state index >= 15 is 0 Å². The Hall–Kier alpha value is -1.39. The van der Waals surface area contributed by atoms with E-state index in [2.05, 4.69) is 16.7 Å². The lowest BCUT2D eigenvalue weighted by molar-refractivity contribution is -0.123. The molecule has 0 saturated carbocycles. The van der Waals surface area contributed by atoms with E-state index in [-0.39, 0.29) is 18.1 Å². The van der Waals surface area contributed by atoms with Gasteiger partial charge < -0.3 is 15.4 Å². The Morgan fingerprint density at radius 3 is 3.05 bits per heavy atom. The van der Waals surface area contributed by atoms with Crippen molar-refractivity contribution in [2.45, 2.75) is 38.8 Å². The van der Waals surface area contributed by atoms with Gasteiger partial charge in [-0.3, -0.25) is 4.79 Å². The van der Waals surface area contributed by atoms with Crippen LogP contribution in [0, 0.1) is 0 Å². The van der Waals surface area contributed by atoms with Crippen LogP contribution in [0.15, 0.2) is 24.3 Å². The van der Waals surface area contributed by atoms with E-state index in [1.807, 2.05) is 32.0 Å². The van der Waals surface area contributed by atoms with Crippen LogP contribution in [0.2, 0.25) is 0 Å². The summed E-state index contributed by atoms with van der Waals surface area (Å²) in [7, 11) is 0. The number of fused-ring (bicyclic) bond motifs is 1. The fourth-order valence-corrected chi connectivity index (χ4v) is 2.44. The number of hydrogen-bond donors (Lipinski definition) is 2. The van der Waals surface area contributed by atoms with E-state index in [1.165, 1.54) is 5.56 Å². The third kappa shape index (κ3) is 4.05. The highest BCUT2D eigenvalue weighted by Crippen LogP contribution is 2.22. The highest BCUT2D eigenvalue weighted by Gasteiger charge is 2.25. The number of hydrogen-bond acceptors (Lipinski definition) is 3. The molecular weight excluding hydrogens is 252 g/mol. The van der Waals surface area contributed by atoms with E-state index in [1.54, 1.807) is 0 Å². The molecule has 0 fully saturated rings. The maximum absolute atomic E-state index is 12.2. The summed E-state index contributed by atoms with van der Waals surface area (Å²) in [6.45, 7) is 6.23. The minimum atomic E-state index is -0.217. The van der Waals surface area contributed by atoms with Crippen LogP contribution in [0.4, 0.5) is 0 Å². The monoisotopic (exact) mass is 276 g/mol. The first-order valence-corrected chi connectivity index (χ1v) is 7.39. The zero-order chi connectivity index (χ0) is 14.4. The van der Waals surface area contributed by atoms with Gasteiger partial charge in [-0.2, -0.15) is 0 Å². The van der Waals surface area contributed by atoms with Gasteiger partial charge in [0.25, 0.3) is 0 Å². The number of nitrogens with one attached hydrogen (secondary N) is 2. The molecule has 1 aliphatic heterocycles. The standard InChI is InChI=1S/C16H24N2O2/c1-12(2)20-11-5-9-18-16(19)15-14-7-4-3-6-13(14)8-10-17-15/h3-4,6-7,12,15,17H,5,8-11H2,1-2H3,(H,18,19). The van der Waals surface area contributed by atoms with Crippen LogP contribution < -0.4 is 10.6 Å². The Labute approximate surface area is 120 Å². The quantitative estimate of drug-likeness (QED) is 0.779. The molecule has 0 aromatic heterocycles. The van der Waals surface area contributed by atoms with Gasteiger partial charge in [0.1, 0.15) is 6.04 Å². The fraction of sp³-hybridized carbons (Fsp3) is 0.562. The number of amides is 1. The van der Waals surface area contributed by atoms with Crippen molar-refractivity contribution in [2.75, 3.05) is 19.7 Å². The zero-order valence-corrected chi connectivity index (χ0v) is 12.3. The molecule has 20 heavy (non-hydrogen) atoms. The lowest BCUT2D eigenvalue weighted by Gasteiger charge is -2.26. The lowest BCUT2D eigenvalue weighted by atomic mass is 9.94. The topological polar surface area (TPSA) is 50.4 Å². The number of carbonyl (C=O) groups is 1. The van der Waals surface area contributed by atoms with Gasteiger partial charge in [-0.15, -0.1) is 0 Å². The van der Waals surface area contributed by atoms with Gasteiger partial charge in [-0.25, -0.2) is 0 Å². The van der Waals surface area contributed by atoms with Crippen LogP contribution in [-0.4, -0.2) is 31.7 Å². The summed E-state index contributed by atoms with van der Waals surface area (Å²) in [4.78, 5) is 12.2. The Morgan fingerprint density at radius 2 is 2.25 bits per heavy atom. The van der Waals surface area contributed by atoms with Gasteiger partial charge in [-0.1, -0.05) is 24.3 Å².